The van der Waals surface area contributed by atoms with Gasteiger partial charge in [0.2, 0.25) is 0 Å². The van der Waals surface area contributed by atoms with E-state index in [1.54, 1.807) is 0 Å². The molecule has 0 unspecified atom stereocenters. The quantitative estimate of drug-likeness (QED) is 0.139. The van der Waals surface area contributed by atoms with Crippen molar-refractivity contribution < 1.29 is 4.42 Å². The first-order chi connectivity index (χ1) is 31.7. The first-order valence-corrected chi connectivity index (χ1v) is 22.1. The Hall–Kier alpha value is -8.26. The Morgan fingerprint density at radius 3 is 1.06 bits per heavy atom. The molecule has 0 saturated carbocycles. The molecule has 1 heterocycles. The fourth-order valence-corrected chi connectivity index (χ4v) is 9.73. The van der Waals surface area contributed by atoms with Gasteiger partial charge in [0.05, 0.1) is 0 Å². The van der Waals surface area contributed by atoms with Gasteiger partial charge in [0.1, 0.15) is 11.2 Å². The standard InChI is InChI=1S/C63H42O/c1-3-13-55-47(9-1)11-7-16-57(55)49-29-19-42(20-30-49)44-23-33-51(34-24-44)63(53-37-27-46(28-38-53)54-39-40-62-60(41-54)59-15-5-6-18-61(59)64-62)52-35-25-45(26-36-52)43-21-31-50(32-22-43)58-17-8-12-48-10-2-4-14-56(48)58/h1-41,63H. The van der Waals surface area contributed by atoms with E-state index in [0.717, 1.165) is 21.9 Å². The van der Waals surface area contributed by atoms with Gasteiger partial charge in [-0.3, -0.25) is 0 Å². The minimum Gasteiger partial charge on any atom is -0.456 e. The van der Waals surface area contributed by atoms with Gasteiger partial charge < -0.3 is 4.42 Å². The van der Waals surface area contributed by atoms with Gasteiger partial charge in [0, 0.05) is 16.7 Å². The Bertz CT molecular complexity index is 3440. The number of para-hydroxylation sites is 1. The van der Waals surface area contributed by atoms with Crippen molar-refractivity contribution in [2.24, 2.45) is 0 Å². The Kier molecular flexibility index (Phi) is 9.31. The van der Waals surface area contributed by atoms with Crippen molar-refractivity contribution >= 4 is 43.5 Å². The van der Waals surface area contributed by atoms with Gasteiger partial charge in [-0.05, 0) is 112 Å². The second kappa shape index (κ2) is 15.9. The van der Waals surface area contributed by atoms with Gasteiger partial charge in [-0.25, -0.2) is 0 Å². The van der Waals surface area contributed by atoms with Crippen molar-refractivity contribution in [2.75, 3.05) is 0 Å². The number of furan rings is 1. The van der Waals surface area contributed by atoms with Crippen LogP contribution in [0.15, 0.2) is 253 Å². The lowest BCUT2D eigenvalue weighted by atomic mass is 9.83. The average molecular weight is 815 g/mol. The van der Waals surface area contributed by atoms with Crippen molar-refractivity contribution in [2.45, 2.75) is 5.92 Å². The van der Waals surface area contributed by atoms with E-state index in [1.807, 2.05) is 12.1 Å². The number of hydrogen-bond donors (Lipinski definition) is 0. The summed E-state index contributed by atoms with van der Waals surface area (Å²) in [6.45, 7) is 0. The molecule has 12 rings (SSSR count). The molecule has 0 radical (unpaired) electrons. The second-order valence-corrected chi connectivity index (χ2v) is 16.8. The highest BCUT2D eigenvalue weighted by Gasteiger charge is 2.19. The molecule has 300 valence electrons. The smallest absolute Gasteiger partial charge is 0.135 e. The van der Waals surface area contributed by atoms with Crippen molar-refractivity contribution in [3.8, 4) is 55.6 Å². The molecule has 1 nitrogen and oxygen atoms in total. The van der Waals surface area contributed by atoms with Crippen LogP contribution < -0.4 is 0 Å². The maximum absolute atomic E-state index is 6.14. The number of benzene rings is 11. The number of rotatable bonds is 8. The molecule has 1 heteroatoms. The van der Waals surface area contributed by atoms with E-state index in [-0.39, 0.29) is 5.92 Å². The molecule has 0 aliphatic carbocycles. The molecule has 0 atom stereocenters. The topological polar surface area (TPSA) is 13.1 Å². The second-order valence-electron chi connectivity index (χ2n) is 16.8. The molecule has 1 aromatic heterocycles. The highest BCUT2D eigenvalue weighted by molar-refractivity contribution is 6.06. The van der Waals surface area contributed by atoms with Crippen LogP contribution >= 0.6 is 0 Å². The Morgan fingerprint density at radius 1 is 0.234 bits per heavy atom. The van der Waals surface area contributed by atoms with Gasteiger partial charge in [0.15, 0.2) is 0 Å². The third-order valence-corrected chi connectivity index (χ3v) is 13.1. The summed E-state index contributed by atoms with van der Waals surface area (Å²) in [4.78, 5) is 0. The minimum atomic E-state index is 0.0416. The molecule has 0 aliphatic rings. The molecule has 11 aromatic carbocycles. The third kappa shape index (κ3) is 6.85. The third-order valence-electron chi connectivity index (χ3n) is 13.1. The van der Waals surface area contributed by atoms with Gasteiger partial charge >= 0.3 is 0 Å². The van der Waals surface area contributed by atoms with Crippen LogP contribution in [0.1, 0.15) is 22.6 Å². The lowest BCUT2D eigenvalue weighted by Crippen LogP contribution is -2.03. The number of fused-ring (bicyclic) bond motifs is 5. The normalized spacial score (nSPS) is 11.6. The van der Waals surface area contributed by atoms with Crippen molar-refractivity contribution in [1.82, 2.24) is 0 Å². The maximum atomic E-state index is 6.14. The molecule has 0 saturated heterocycles. The van der Waals surface area contributed by atoms with Crippen LogP contribution in [0.2, 0.25) is 0 Å². The summed E-state index contributed by atoms with van der Waals surface area (Å²) in [5, 5.41) is 7.35. The molecule has 0 spiro atoms. The lowest BCUT2D eigenvalue weighted by Gasteiger charge is -2.20. The summed E-state index contributed by atoms with van der Waals surface area (Å²) in [7, 11) is 0. The molecular formula is C63H42O. The minimum absolute atomic E-state index is 0.0416. The summed E-state index contributed by atoms with van der Waals surface area (Å²) in [6, 6.07) is 90.6. The van der Waals surface area contributed by atoms with Crippen LogP contribution in [0.25, 0.3) is 99.1 Å². The molecule has 0 aliphatic heterocycles. The zero-order valence-corrected chi connectivity index (χ0v) is 35.2. The van der Waals surface area contributed by atoms with Crippen LogP contribution in [0.4, 0.5) is 0 Å². The van der Waals surface area contributed by atoms with Crippen LogP contribution in [0, 0.1) is 0 Å². The maximum Gasteiger partial charge on any atom is 0.135 e. The molecule has 12 aromatic rings. The first kappa shape index (κ1) is 37.5. The fourth-order valence-electron chi connectivity index (χ4n) is 9.73. The van der Waals surface area contributed by atoms with Gasteiger partial charge in [-0.15, -0.1) is 0 Å². The van der Waals surface area contributed by atoms with Gasteiger partial charge in [-0.1, -0.05) is 231 Å². The summed E-state index contributed by atoms with van der Waals surface area (Å²) in [5.41, 5.74) is 17.7. The largest absolute Gasteiger partial charge is 0.456 e. The van der Waals surface area contributed by atoms with E-state index in [0.29, 0.717) is 0 Å². The van der Waals surface area contributed by atoms with Crippen molar-refractivity contribution in [1.29, 1.82) is 0 Å². The molecular weight excluding hydrogens is 773 g/mol. The first-order valence-electron chi connectivity index (χ1n) is 22.1. The van der Waals surface area contributed by atoms with Gasteiger partial charge in [0.25, 0.3) is 0 Å². The molecule has 64 heavy (non-hydrogen) atoms. The SMILES string of the molecule is c1ccc2c(-c3ccc(-c4ccc(C(c5ccc(-c6ccc(-c7cccc8ccccc78)cc6)cc5)c5ccc(-c6ccc7oc8ccccc8c7c6)cc5)cc4)cc3)cccc2c1. The highest BCUT2D eigenvalue weighted by atomic mass is 16.3. The monoisotopic (exact) mass is 814 g/mol. The Labute approximate surface area is 373 Å². The van der Waals surface area contributed by atoms with Crippen LogP contribution in [-0.4, -0.2) is 0 Å². The van der Waals surface area contributed by atoms with Gasteiger partial charge in [-0.2, -0.15) is 0 Å². The van der Waals surface area contributed by atoms with E-state index in [9.17, 15) is 0 Å². The summed E-state index contributed by atoms with van der Waals surface area (Å²) in [5.74, 6) is 0.0416. The summed E-state index contributed by atoms with van der Waals surface area (Å²) >= 11 is 0. The predicted molar refractivity (Wildman–Crippen MR) is 270 cm³/mol. The Morgan fingerprint density at radius 2 is 0.578 bits per heavy atom. The van der Waals surface area contributed by atoms with E-state index >= 15 is 0 Å². The lowest BCUT2D eigenvalue weighted by molar-refractivity contribution is 0.669. The molecule has 0 amide bonds. The molecule has 0 bridgehead atoms. The Balaban J connectivity index is 0.870. The average Bonchev–Trinajstić information content (AvgIpc) is 3.75. The van der Waals surface area contributed by atoms with Crippen molar-refractivity contribution in [3.05, 3.63) is 265 Å². The predicted octanol–water partition coefficient (Wildman–Crippen LogP) is 17.4. The summed E-state index contributed by atoms with van der Waals surface area (Å²) < 4.78 is 6.14. The fraction of sp³-hybridized carbons (Fsp3) is 0.0159. The van der Waals surface area contributed by atoms with Crippen LogP contribution in [0.3, 0.4) is 0 Å². The van der Waals surface area contributed by atoms with E-state index in [1.165, 1.54) is 93.9 Å². The summed E-state index contributed by atoms with van der Waals surface area (Å²) in [6.07, 6.45) is 0. The highest BCUT2D eigenvalue weighted by Crippen LogP contribution is 2.38. The van der Waals surface area contributed by atoms with E-state index < -0.39 is 0 Å². The van der Waals surface area contributed by atoms with Crippen LogP contribution in [-0.2, 0) is 0 Å². The van der Waals surface area contributed by atoms with E-state index in [2.05, 4.69) is 237 Å². The molecule has 0 fully saturated rings. The number of hydrogen-bond acceptors (Lipinski definition) is 1. The zero-order chi connectivity index (χ0) is 42.4. The zero-order valence-electron chi connectivity index (χ0n) is 35.2. The molecule has 0 N–H and O–H groups in total. The van der Waals surface area contributed by atoms with E-state index in [4.69, 9.17) is 4.42 Å². The van der Waals surface area contributed by atoms with Crippen LogP contribution in [0.5, 0.6) is 0 Å². The van der Waals surface area contributed by atoms with Crippen molar-refractivity contribution in [3.63, 3.8) is 0 Å².